The van der Waals surface area contributed by atoms with Gasteiger partial charge in [-0.15, -0.1) is 11.3 Å². The van der Waals surface area contributed by atoms with Crippen LogP contribution in [0.15, 0.2) is 5.38 Å². The highest BCUT2D eigenvalue weighted by molar-refractivity contribution is 7.17. The van der Waals surface area contributed by atoms with Gasteiger partial charge in [0.2, 0.25) is 5.91 Å². The van der Waals surface area contributed by atoms with Crippen molar-refractivity contribution < 1.29 is 4.79 Å². The number of nitrogens with one attached hydrogen (secondary N) is 1. The first-order valence-electron chi connectivity index (χ1n) is 7.81. The summed E-state index contributed by atoms with van der Waals surface area (Å²) in [6, 6.07) is 0. The van der Waals surface area contributed by atoms with Crippen LogP contribution in [0.4, 0.5) is 5.82 Å². The van der Waals surface area contributed by atoms with Crippen molar-refractivity contribution in [3.8, 4) is 0 Å². The maximum Gasteiger partial charge on any atom is 0.221 e. The molecule has 1 saturated heterocycles. The number of amides is 1. The number of thiophene rings is 1. The van der Waals surface area contributed by atoms with Crippen LogP contribution in [-0.2, 0) is 11.2 Å². The second-order valence-corrected chi connectivity index (χ2v) is 7.08. The largest absolute Gasteiger partial charge is 0.354 e. The molecule has 0 saturated carbocycles. The SMILES string of the molecule is Cc1nc(N2CCNC(=O)CC2)c2c(CC(C)C)csc2n1. The molecule has 1 aliphatic rings. The highest BCUT2D eigenvalue weighted by Gasteiger charge is 2.21. The lowest BCUT2D eigenvalue weighted by atomic mass is 10.0. The molecular weight excluding hydrogens is 296 g/mol. The number of carbonyl (C=O) groups is 1. The number of aryl methyl sites for hydroxylation is 1. The van der Waals surface area contributed by atoms with E-state index in [9.17, 15) is 4.79 Å². The van der Waals surface area contributed by atoms with Crippen LogP contribution in [0.3, 0.4) is 0 Å². The Balaban J connectivity index is 2.06. The van der Waals surface area contributed by atoms with Gasteiger partial charge in [-0.05, 0) is 30.2 Å². The molecular formula is C16H22N4OS. The van der Waals surface area contributed by atoms with E-state index in [1.165, 1.54) is 10.9 Å². The lowest BCUT2D eigenvalue weighted by molar-refractivity contribution is -0.120. The maximum atomic E-state index is 11.6. The van der Waals surface area contributed by atoms with Crippen molar-refractivity contribution in [3.05, 3.63) is 16.8 Å². The van der Waals surface area contributed by atoms with Gasteiger partial charge < -0.3 is 10.2 Å². The molecule has 1 N–H and O–H groups in total. The third kappa shape index (κ3) is 3.06. The summed E-state index contributed by atoms with van der Waals surface area (Å²) in [5, 5.41) is 6.32. The number of rotatable bonds is 3. The molecule has 0 aromatic carbocycles. The Labute approximate surface area is 134 Å². The molecule has 22 heavy (non-hydrogen) atoms. The summed E-state index contributed by atoms with van der Waals surface area (Å²) in [6.45, 7) is 8.58. The number of carbonyl (C=O) groups excluding carboxylic acids is 1. The molecule has 0 spiro atoms. The molecule has 0 bridgehead atoms. The zero-order valence-corrected chi connectivity index (χ0v) is 14.2. The van der Waals surface area contributed by atoms with Gasteiger partial charge in [-0.1, -0.05) is 13.8 Å². The highest BCUT2D eigenvalue weighted by Crippen LogP contribution is 2.33. The minimum Gasteiger partial charge on any atom is -0.354 e. The molecule has 0 unspecified atom stereocenters. The van der Waals surface area contributed by atoms with Gasteiger partial charge in [0.15, 0.2) is 0 Å². The molecule has 0 atom stereocenters. The fraction of sp³-hybridized carbons (Fsp3) is 0.562. The number of aromatic nitrogens is 2. The summed E-state index contributed by atoms with van der Waals surface area (Å²) >= 11 is 1.69. The Hall–Kier alpha value is -1.69. The molecule has 3 rings (SSSR count). The third-order valence-electron chi connectivity index (χ3n) is 3.84. The molecule has 5 nitrogen and oxygen atoms in total. The molecule has 2 aromatic rings. The van der Waals surface area contributed by atoms with Crippen LogP contribution in [0.2, 0.25) is 0 Å². The van der Waals surface area contributed by atoms with Gasteiger partial charge >= 0.3 is 0 Å². The van der Waals surface area contributed by atoms with Gasteiger partial charge in [-0.25, -0.2) is 9.97 Å². The Morgan fingerprint density at radius 2 is 2.18 bits per heavy atom. The van der Waals surface area contributed by atoms with E-state index in [1.54, 1.807) is 11.3 Å². The predicted molar refractivity (Wildman–Crippen MR) is 90.5 cm³/mol. The van der Waals surface area contributed by atoms with Crippen molar-refractivity contribution in [1.29, 1.82) is 0 Å². The Morgan fingerprint density at radius 3 is 2.95 bits per heavy atom. The Bertz CT molecular complexity index is 695. The summed E-state index contributed by atoms with van der Waals surface area (Å²) in [5.74, 6) is 2.51. The lowest BCUT2D eigenvalue weighted by Gasteiger charge is -2.22. The zero-order chi connectivity index (χ0) is 15.7. The van der Waals surface area contributed by atoms with Crippen LogP contribution in [0.5, 0.6) is 0 Å². The van der Waals surface area contributed by atoms with Crippen molar-refractivity contribution in [2.45, 2.75) is 33.6 Å². The van der Waals surface area contributed by atoms with Gasteiger partial charge in [0.1, 0.15) is 16.5 Å². The second kappa shape index (κ2) is 6.20. The average Bonchev–Trinajstić information content (AvgIpc) is 2.70. The number of fused-ring (bicyclic) bond motifs is 1. The summed E-state index contributed by atoms with van der Waals surface area (Å²) in [6.07, 6.45) is 1.55. The van der Waals surface area contributed by atoms with Gasteiger partial charge in [0, 0.05) is 26.1 Å². The average molecular weight is 318 g/mol. The number of hydrogen-bond acceptors (Lipinski definition) is 5. The summed E-state index contributed by atoms with van der Waals surface area (Å²) in [4.78, 5) is 24.2. The van der Waals surface area contributed by atoms with E-state index in [0.29, 0.717) is 25.4 Å². The third-order valence-corrected chi connectivity index (χ3v) is 4.76. The quantitative estimate of drug-likeness (QED) is 0.945. The first kappa shape index (κ1) is 15.2. The fourth-order valence-electron chi connectivity index (χ4n) is 2.88. The number of anilines is 1. The summed E-state index contributed by atoms with van der Waals surface area (Å²) in [5.41, 5.74) is 1.33. The van der Waals surface area contributed by atoms with E-state index >= 15 is 0 Å². The molecule has 0 aliphatic carbocycles. The van der Waals surface area contributed by atoms with E-state index < -0.39 is 0 Å². The fourth-order valence-corrected chi connectivity index (χ4v) is 3.88. The Morgan fingerprint density at radius 1 is 1.36 bits per heavy atom. The van der Waals surface area contributed by atoms with E-state index in [-0.39, 0.29) is 5.91 Å². The standard InChI is InChI=1S/C16H22N4OS/c1-10(2)8-12-9-22-16-14(12)15(18-11(3)19-16)20-6-4-13(21)17-5-7-20/h9-10H,4-8H2,1-3H3,(H,17,21). The topological polar surface area (TPSA) is 58.1 Å². The first-order chi connectivity index (χ1) is 10.5. The lowest BCUT2D eigenvalue weighted by Crippen LogP contribution is -2.29. The molecule has 1 aliphatic heterocycles. The summed E-state index contributed by atoms with van der Waals surface area (Å²) < 4.78 is 0. The van der Waals surface area contributed by atoms with Gasteiger partial charge in [0.25, 0.3) is 0 Å². The maximum absolute atomic E-state index is 11.6. The minimum absolute atomic E-state index is 0.122. The van der Waals surface area contributed by atoms with Gasteiger partial charge in [-0.3, -0.25) is 4.79 Å². The van der Waals surface area contributed by atoms with E-state index in [1.807, 2.05) is 6.92 Å². The smallest absolute Gasteiger partial charge is 0.221 e. The predicted octanol–water partition coefficient (Wildman–Crippen LogP) is 2.52. The van der Waals surface area contributed by atoms with Gasteiger partial charge in [-0.2, -0.15) is 0 Å². The van der Waals surface area contributed by atoms with Crippen molar-refractivity contribution in [3.63, 3.8) is 0 Å². The Kier molecular flexibility index (Phi) is 4.29. The van der Waals surface area contributed by atoms with Crippen LogP contribution in [-0.4, -0.2) is 35.5 Å². The molecule has 6 heteroatoms. The van der Waals surface area contributed by atoms with E-state index in [4.69, 9.17) is 4.98 Å². The van der Waals surface area contributed by atoms with Crippen molar-refractivity contribution in [2.75, 3.05) is 24.5 Å². The first-order valence-corrected chi connectivity index (χ1v) is 8.69. The normalized spacial score (nSPS) is 16.2. The minimum atomic E-state index is 0.122. The zero-order valence-electron chi connectivity index (χ0n) is 13.3. The molecule has 2 aromatic heterocycles. The molecule has 1 amide bonds. The van der Waals surface area contributed by atoms with Crippen LogP contribution in [0.25, 0.3) is 10.2 Å². The van der Waals surface area contributed by atoms with Crippen LogP contribution in [0.1, 0.15) is 31.7 Å². The second-order valence-electron chi connectivity index (χ2n) is 6.22. The van der Waals surface area contributed by atoms with Crippen molar-refractivity contribution in [2.24, 2.45) is 5.92 Å². The van der Waals surface area contributed by atoms with Crippen molar-refractivity contribution >= 4 is 33.3 Å². The monoisotopic (exact) mass is 318 g/mol. The van der Waals surface area contributed by atoms with Gasteiger partial charge in [0.05, 0.1) is 5.39 Å². The van der Waals surface area contributed by atoms with E-state index in [0.717, 1.165) is 29.4 Å². The van der Waals surface area contributed by atoms with Crippen LogP contribution >= 0.6 is 11.3 Å². The molecule has 1 fully saturated rings. The van der Waals surface area contributed by atoms with Crippen molar-refractivity contribution in [1.82, 2.24) is 15.3 Å². The number of nitrogens with zero attached hydrogens (tertiary/aromatic N) is 3. The number of hydrogen-bond donors (Lipinski definition) is 1. The van der Waals surface area contributed by atoms with Crippen LogP contribution in [0, 0.1) is 12.8 Å². The van der Waals surface area contributed by atoms with Crippen LogP contribution < -0.4 is 10.2 Å². The van der Waals surface area contributed by atoms with E-state index in [2.05, 4.69) is 34.4 Å². The highest BCUT2D eigenvalue weighted by atomic mass is 32.1. The molecule has 3 heterocycles. The molecule has 118 valence electrons. The summed E-state index contributed by atoms with van der Waals surface area (Å²) in [7, 11) is 0. The molecule has 0 radical (unpaired) electrons.